The van der Waals surface area contributed by atoms with Crippen molar-refractivity contribution in [3.63, 3.8) is 0 Å². The van der Waals surface area contributed by atoms with Crippen molar-refractivity contribution in [2.75, 3.05) is 0 Å². The van der Waals surface area contributed by atoms with Crippen LogP contribution in [0.15, 0.2) is 46.9 Å². The minimum absolute atomic E-state index is 0.130. The lowest BCUT2D eigenvalue weighted by molar-refractivity contribution is 0.527. The fourth-order valence-corrected chi connectivity index (χ4v) is 3.07. The molecule has 0 radical (unpaired) electrons. The monoisotopic (exact) mass is 461 g/mol. The zero-order chi connectivity index (χ0) is 14.1. The molecule has 1 aromatic heterocycles. The smallest absolute Gasteiger partial charge is 0.196 e. The molecule has 3 rings (SSSR count). The van der Waals surface area contributed by atoms with Gasteiger partial charge in [-0.15, -0.1) is 0 Å². The number of fused-ring (bicyclic) bond motifs is 1. The molecule has 0 aliphatic heterocycles. The number of rotatable bonds is 3. The molecule has 5 heteroatoms. The molecule has 102 valence electrons. The van der Waals surface area contributed by atoms with Crippen molar-refractivity contribution in [2.45, 2.75) is 11.2 Å². The van der Waals surface area contributed by atoms with Gasteiger partial charge in [-0.3, -0.25) is 0 Å². The van der Waals surface area contributed by atoms with Crippen LogP contribution in [-0.2, 0) is 6.42 Å². The summed E-state index contributed by atoms with van der Waals surface area (Å²) in [4.78, 5) is 4.62. The van der Waals surface area contributed by atoms with E-state index in [1.165, 1.54) is 0 Å². The average Bonchev–Trinajstić information content (AvgIpc) is 2.83. The third kappa shape index (κ3) is 3.02. The van der Waals surface area contributed by atoms with E-state index in [0.717, 1.165) is 31.1 Å². The Bertz CT molecular complexity index is 725. The molecule has 1 atom stereocenters. The molecule has 1 unspecified atom stereocenters. The highest BCUT2D eigenvalue weighted by molar-refractivity contribution is 14.1. The Morgan fingerprint density at radius 3 is 2.80 bits per heavy atom. The van der Waals surface area contributed by atoms with Crippen LogP contribution < -0.4 is 0 Å². The second-order valence-electron chi connectivity index (χ2n) is 4.42. The van der Waals surface area contributed by atoms with Crippen molar-refractivity contribution < 1.29 is 4.42 Å². The molecular formula is C15H10BrClINO. The summed E-state index contributed by atoms with van der Waals surface area (Å²) in [6.07, 6.45) is 0.686. The van der Waals surface area contributed by atoms with Crippen molar-refractivity contribution in [3.05, 3.63) is 62.5 Å². The molecule has 20 heavy (non-hydrogen) atoms. The van der Waals surface area contributed by atoms with Crippen LogP contribution in [0, 0.1) is 3.57 Å². The Hall–Kier alpha value is -0.590. The van der Waals surface area contributed by atoms with Crippen LogP contribution in [0.3, 0.4) is 0 Å². The summed E-state index contributed by atoms with van der Waals surface area (Å²) >= 11 is 12.1. The first-order valence-corrected chi connectivity index (χ1v) is 8.44. The SMILES string of the molecule is Clc1cc(C(Br)Cc2nc3ccccc3o2)ccc1I. The van der Waals surface area contributed by atoms with Gasteiger partial charge in [0.15, 0.2) is 11.5 Å². The zero-order valence-corrected chi connectivity index (χ0v) is 14.8. The van der Waals surface area contributed by atoms with E-state index >= 15 is 0 Å². The number of hydrogen-bond donors (Lipinski definition) is 0. The van der Waals surface area contributed by atoms with Crippen molar-refractivity contribution >= 4 is 61.2 Å². The van der Waals surface area contributed by atoms with Crippen LogP contribution in [0.2, 0.25) is 5.02 Å². The predicted molar refractivity (Wildman–Crippen MR) is 93.6 cm³/mol. The van der Waals surface area contributed by atoms with E-state index < -0.39 is 0 Å². The van der Waals surface area contributed by atoms with Gasteiger partial charge in [0.1, 0.15) is 5.52 Å². The van der Waals surface area contributed by atoms with Crippen LogP contribution in [0.4, 0.5) is 0 Å². The van der Waals surface area contributed by atoms with Crippen LogP contribution in [0.1, 0.15) is 16.3 Å². The van der Waals surface area contributed by atoms with Crippen LogP contribution in [-0.4, -0.2) is 4.98 Å². The normalized spacial score (nSPS) is 12.8. The number of nitrogens with zero attached hydrogens (tertiary/aromatic N) is 1. The van der Waals surface area contributed by atoms with Crippen LogP contribution in [0.5, 0.6) is 0 Å². The number of para-hydroxylation sites is 2. The Balaban J connectivity index is 1.84. The summed E-state index contributed by atoms with van der Waals surface area (Å²) in [5, 5.41) is 0.769. The summed E-state index contributed by atoms with van der Waals surface area (Å²) < 4.78 is 6.79. The van der Waals surface area contributed by atoms with E-state index in [4.69, 9.17) is 16.0 Å². The number of benzene rings is 2. The standard InChI is InChI=1S/C15H10BrClINO/c16-10(9-5-6-12(18)11(17)7-9)8-15-19-13-3-1-2-4-14(13)20-15/h1-7,10H,8H2. The molecule has 2 nitrogen and oxygen atoms in total. The van der Waals surface area contributed by atoms with Gasteiger partial charge < -0.3 is 4.42 Å². The molecule has 0 aliphatic carbocycles. The number of aromatic nitrogens is 1. The van der Waals surface area contributed by atoms with Crippen LogP contribution in [0.25, 0.3) is 11.1 Å². The quantitative estimate of drug-likeness (QED) is 0.365. The Morgan fingerprint density at radius 1 is 1.25 bits per heavy atom. The minimum atomic E-state index is 0.130. The lowest BCUT2D eigenvalue weighted by atomic mass is 10.1. The van der Waals surface area contributed by atoms with Gasteiger partial charge in [-0.05, 0) is 52.4 Å². The van der Waals surface area contributed by atoms with Gasteiger partial charge in [0, 0.05) is 14.8 Å². The van der Waals surface area contributed by atoms with E-state index in [0.29, 0.717) is 6.42 Å². The van der Waals surface area contributed by atoms with Gasteiger partial charge in [0.05, 0.1) is 5.02 Å². The first-order valence-electron chi connectivity index (χ1n) is 6.07. The topological polar surface area (TPSA) is 26.0 Å². The van der Waals surface area contributed by atoms with E-state index in [-0.39, 0.29) is 4.83 Å². The second kappa shape index (κ2) is 6.03. The molecule has 0 amide bonds. The van der Waals surface area contributed by atoms with Crippen molar-refractivity contribution in [3.8, 4) is 0 Å². The molecule has 2 aromatic carbocycles. The first kappa shape index (κ1) is 14.4. The summed E-state index contributed by atoms with van der Waals surface area (Å²) in [6, 6.07) is 13.8. The molecule has 3 aromatic rings. The highest BCUT2D eigenvalue weighted by Crippen LogP contribution is 2.31. The van der Waals surface area contributed by atoms with Gasteiger partial charge in [-0.2, -0.15) is 0 Å². The molecule has 0 saturated heterocycles. The van der Waals surface area contributed by atoms with Gasteiger partial charge >= 0.3 is 0 Å². The maximum atomic E-state index is 6.16. The summed E-state index contributed by atoms with van der Waals surface area (Å²) in [5.74, 6) is 0.725. The van der Waals surface area contributed by atoms with E-state index in [9.17, 15) is 0 Å². The van der Waals surface area contributed by atoms with Crippen molar-refractivity contribution in [1.82, 2.24) is 4.98 Å². The van der Waals surface area contributed by atoms with E-state index in [1.807, 2.05) is 36.4 Å². The number of oxazole rings is 1. The second-order valence-corrected chi connectivity index (χ2v) is 7.10. The molecule has 0 fully saturated rings. The number of alkyl halides is 1. The van der Waals surface area contributed by atoms with Crippen LogP contribution >= 0.6 is 50.1 Å². The van der Waals surface area contributed by atoms with E-state index in [2.05, 4.69) is 49.6 Å². The van der Waals surface area contributed by atoms with E-state index in [1.54, 1.807) is 0 Å². The Kier molecular flexibility index (Phi) is 4.33. The summed E-state index contributed by atoms with van der Waals surface area (Å²) in [6.45, 7) is 0. The van der Waals surface area contributed by atoms with Crippen molar-refractivity contribution in [2.24, 2.45) is 0 Å². The fourth-order valence-electron chi connectivity index (χ4n) is 1.99. The molecule has 0 spiro atoms. The highest BCUT2D eigenvalue weighted by Gasteiger charge is 2.14. The summed E-state index contributed by atoms with van der Waals surface area (Å²) in [5.41, 5.74) is 2.84. The number of halogens is 3. The lowest BCUT2D eigenvalue weighted by Crippen LogP contribution is -1.96. The van der Waals surface area contributed by atoms with Gasteiger partial charge in [0.2, 0.25) is 0 Å². The van der Waals surface area contributed by atoms with Crippen molar-refractivity contribution in [1.29, 1.82) is 0 Å². The Labute approximate surface area is 143 Å². The third-order valence-electron chi connectivity index (χ3n) is 3.00. The molecule has 0 saturated carbocycles. The third-order valence-corrected chi connectivity index (χ3v) is 5.42. The number of hydrogen-bond acceptors (Lipinski definition) is 2. The van der Waals surface area contributed by atoms with Gasteiger partial charge in [-0.1, -0.05) is 45.7 Å². The maximum absolute atomic E-state index is 6.16. The minimum Gasteiger partial charge on any atom is -0.441 e. The maximum Gasteiger partial charge on any atom is 0.196 e. The van der Waals surface area contributed by atoms with Gasteiger partial charge in [-0.25, -0.2) is 4.98 Å². The lowest BCUT2D eigenvalue weighted by Gasteiger charge is -2.08. The highest BCUT2D eigenvalue weighted by atomic mass is 127. The zero-order valence-electron chi connectivity index (χ0n) is 10.3. The molecule has 0 aliphatic rings. The van der Waals surface area contributed by atoms with Gasteiger partial charge in [0.25, 0.3) is 0 Å². The molecule has 0 N–H and O–H groups in total. The molecule has 1 heterocycles. The fraction of sp³-hybridized carbons (Fsp3) is 0.133. The molecular weight excluding hydrogens is 452 g/mol. The molecule has 0 bridgehead atoms. The first-order chi connectivity index (χ1) is 9.63. The Morgan fingerprint density at radius 2 is 2.05 bits per heavy atom. The predicted octanol–water partition coefficient (Wildman–Crippen LogP) is 5.76. The average molecular weight is 463 g/mol. The summed E-state index contributed by atoms with van der Waals surface area (Å²) in [7, 11) is 0. The largest absolute Gasteiger partial charge is 0.441 e.